The number of aromatic carboxylic acids is 1. The van der Waals surface area contributed by atoms with E-state index in [2.05, 4.69) is 114 Å². The summed E-state index contributed by atoms with van der Waals surface area (Å²) in [6.45, 7) is 27.1. The molecule has 650 valence electrons. The molecule has 7 aromatic rings. The number of halogens is 7. The standard InChI is InChI=1S/C27H29Cl2N7O2.C26H28Cl2N2O3.C13H15Cl2NO4.C10H18O.C9H11NO2.C2H4N4.ClH/c1-26(2,3)19-8-10-27(11-9-19)31-22(18-12-20(28)14-21(29)13-18)24(38)36(27)15-16-4-6-17(7-5-16)23(37)30-25-32-34-35-33-25;1-25(2,3)19-8-10-26(11-9-19)29-22(18-12-20(27)14-21(28)13-18)23(31)30(26)15-16-4-6-17(7-5-16)24(32)33;1-13(2,3)20-12(19)16-10(11(17)18)7-4-8(14)6-9(15)5-7;1-10(2,3)8-4-6-9(11)7-5-8;1-12-9(11)8-4-2-7(6-10)3-5-8;3-2-4-1-5-6-2;/h4-7,12-14,19H,8-11,15H2,1-3H3,(H2,30,32,33,34,35,37);4-7,12-14,19H,8-11,15H2,1-3H3,(H,32,33);4-6,10H,1-3H3,(H,16,19)(H,17,18);8H,4-7H2,1-3H3;2-5H,6,10H2,1H3;1H2,(H2,3,4);1H. The van der Waals surface area contributed by atoms with Crippen LogP contribution in [0.1, 0.15) is 231 Å². The summed E-state index contributed by atoms with van der Waals surface area (Å²) in [5.74, 6) is -0.443. The molecule has 3 aliphatic heterocycles. The molecule has 3 fully saturated rings. The number of anilines is 1. The number of guanidine groups is 1. The van der Waals surface area contributed by atoms with Gasteiger partial charge in [0.25, 0.3) is 23.7 Å². The van der Waals surface area contributed by atoms with Crippen molar-refractivity contribution in [1.29, 1.82) is 0 Å². The number of esters is 1. The number of aliphatic carboxylic acids is 1. The fourth-order valence-corrected chi connectivity index (χ4v) is 16.4. The van der Waals surface area contributed by atoms with E-state index in [9.17, 15) is 48.6 Å². The Hall–Kier alpha value is -9.45. The van der Waals surface area contributed by atoms with E-state index in [-0.39, 0.29) is 80.0 Å². The monoisotopic (exact) mass is 1800 g/mol. The molecular formula is C87H106Cl7N15O12. The third-order valence-electron chi connectivity index (χ3n) is 21.5. The number of ether oxygens (including phenoxy) is 2. The van der Waals surface area contributed by atoms with Crippen molar-refractivity contribution < 1.29 is 58.0 Å². The minimum Gasteiger partial charge on any atom is -0.479 e. The van der Waals surface area contributed by atoms with Crippen LogP contribution in [0.4, 0.5) is 10.7 Å². The molecule has 3 saturated carbocycles. The van der Waals surface area contributed by atoms with Crippen LogP contribution < -0.4 is 22.1 Å². The average molecular weight is 1800 g/mol. The molecule has 4 heterocycles. The van der Waals surface area contributed by atoms with Gasteiger partial charge in [-0.15, -0.1) is 22.6 Å². The molecular weight excluding hydrogens is 1700 g/mol. The van der Waals surface area contributed by atoms with Gasteiger partial charge in [0.2, 0.25) is 5.96 Å². The van der Waals surface area contributed by atoms with E-state index in [0.29, 0.717) is 103 Å². The number of carbonyl (C=O) groups excluding carboxylic acids is 6. The highest BCUT2D eigenvalue weighted by Crippen LogP contribution is 2.50. The zero-order chi connectivity index (χ0) is 88.4. The molecule has 3 aliphatic carbocycles. The predicted molar refractivity (Wildman–Crippen MR) is 474 cm³/mol. The van der Waals surface area contributed by atoms with Gasteiger partial charge in [-0.05, 0) is 237 Å². The number of H-pyrrole nitrogens is 1. The first-order valence-corrected chi connectivity index (χ1v) is 41.5. The molecule has 27 nitrogen and oxygen atoms in total. The molecule has 1 unspecified atom stereocenters. The second-order valence-electron chi connectivity index (χ2n) is 34.2. The number of carbonyl (C=O) groups is 8. The minimum atomic E-state index is -1.29. The maximum absolute atomic E-state index is 13.9. The van der Waals surface area contributed by atoms with Crippen LogP contribution in [0.15, 0.2) is 153 Å². The number of nitrogens with one attached hydrogen (secondary N) is 3. The molecule has 1 atom stereocenters. The number of nitrogens with two attached hydrogens (primary N) is 2. The highest BCUT2D eigenvalue weighted by atomic mass is 35.5. The van der Waals surface area contributed by atoms with Crippen molar-refractivity contribution in [2.45, 2.75) is 203 Å². The van der Waals surface area contributed by atoms with E-state index < -0.39 is 41.0 Å². The number of tetrazole rings is 1. The summed E-state index contributed by atoms with van der Waals surface area (Å²) in [7, 11) is 1.36. The number of carboxylic acid groups (broad SMARTS) is 2. The van der Waals surface area contributed by atoms with E-state index in [1.807, 2.05) is 34.1 Å². The maximum Gasteiger partial charge on any atom is 0.408 e. The Morgan fingerprint density at radius 2 is 0.967 bits per heavy atom. The van der Waals surface area contributed by atoms with Crippen LogP contribution in [0.5, 0.6) is 0 Å². The van der Waals surface area contributed by atoms with Crippen LogP contribution in [-0.2, 0) is 48.3 Å². The number of hydrogen-bond donors (Lipinski definition) is 7. The Morgan fingerprint density at radius 3 is 1.31 bits per heavy atom. The first-order chi connectivity index (χ1) is 56.3. The summed E-state index contributed by atoms with van der Waals surface area (Å²) in [6, 6.07) is 34.0. The van der Waals surface area contributed by atoms with Crippen LogP contribution in [0.25, 0.3) is 0 Å². The molecule has 1 aromatic heterocycles. The van der Waals surface area contributed by atoms with Gasteiger partial charge in [0.1, 0.15) is 34.1 Å². The zero-order valence-corrected chi connectivity index (χ0v) is 75.4. The molecule has 6 aliphatic rings. The third-order valence-corrected chi connectivity index (χ3v) is 22.8. The van der Waals surface area contributed by atoms with Crippen LogP contribution in [0.2, 0.25) is 30.1 Å². The number of aromatic nitrogens is 4. The van der Waals surface area contributed by atoms with Crippen molar-refractivity contribution in [3.8, 4) is 0 Å². The van der Waals surface area contributed by atoms with Crippen LogP contribution in [0.3, 0.4) is 0 Å². The predicted octanol–water partition coefficient (Wildman–Crippen LogP) is 19.5. The van der Waals surface area contributed by atoms with E-state index >= 15 is 0 Å². The first kappa shape index (κ1) is 98.7. The lowest BCUT2D eigenvalue weighted by molar-refractivity contribution is -0.139. The van der Waals surface area contributed by atoms with E-state index in [0.717, 1.165) is 99.7 Å². The van der Waals surface area contributed by atoms with Crippen molar-refractivity contribution in [3.05, 3.63) is 208 Å². The molecule has 121 heavy (non-hydrogen) atoms. The number of carboxylic acids is 2. The molecule has 0 radical (unpaired) electrons. The summed E-state index contributed by atoms with van der Waals surface area (Å²) < 4.78 is 9.56. The van der Waals surface area contributed by atoms with Crippen molar-refractivity contribution in [1.82, 2.24) is 35.7 Å². The van der Waals surface area contributed by atoms with Gasteiger partial charge in [-0.2, -0.15) is 10.3 Å². The number of methoxy groups -OCH3 is 1. The number of ketones is 1. The van der Waals surface area contributed by atoms with E-state index in [1.54, 1.807) is 106 Å². The largest absolute Gasteiger partial charge is 0.479 e. The van der Waals surface area contributed by atoms with E-state index in [4.69, 9.17) is 95.8 Å². The molecule has 34 heteroatoms. The van der Waals surface area contributed by atoms with Crippen molar-refractivity contribution in [2.75, 3.05) is 19.1 Å². The highest BCUT2D eigenvalue weighted by Gasteiger charge is 2.52. The lowest BCUT2D eigenvalue weighted by Gasteiger charge is -2.45. The van der Waals surface area contributed by atoms with Gasteiger partial charge >= 0.3 is 24.0 Å². The van der Waals surface area contributed by atoms with Crippen molar-refractivity contribution >= 4 is 153 Å². The number of alkyl carbamates (subject to hydrolysis) is 1. The van der Waals surface area contributed by atoms with Gasteiger partial charge in [-0.3, -0.25) is 34.5 Å². The molecule has 0 saturated heterocycles. The summed E-state index contributed by atoms with van der Waals surface area (Å²) in [6.07, 6.45) is 10.1. The number of azo groups is 1. The summed E-state index contributed by atoms with van der Waals surface area (Å²) in [4.78, 5) is 114. The molecule has 13 rings (SSSR count). The van der Waals surface area contributed by atoms with Crippen LogP contribution in [0, 0.1) is 34.0 Å². The average Bonchev–Trinajstić information content (AvgIpc) is 1.60. The fourth-order valence-electron chi connectivity index (χ4n) is 14.8. The van der Waals surface area contributed by atoms with Gasteiger partial charge in [0.15, 0.2) is 12.7 Å². The number of nitrogens with zero attached hydrogens (tertiary/aromatic N) is 10. The minimum absolute atomic E-state index is 0. The fraction of sp³-hybridized carbons (Fsp3) is 0.448. The Kier molecular flexibility index (Phi) is 35.1. The third kappa shape index (κ3) is 28.6. The molecule has 2 spiro atoms. The lowest BCUT2D eigenvalue weighted by atomic mass is 9.69. The number of aliphatic imine (C=N–C) groups is 3. The van der Waals surface area contributed by atoms with Crippen LogP contribution >= 0.6 is 82.0 Å². The highest BCUT2D eigenvalue weighted by molar-refractivity contribution is 6.48. The second-order valence-corrected chi connectivity index (χ2v) is 36.9. The Morgan fingerprint density at radius 1 is 0.570 bits per heavy atom. The number of rotatable bonds is 14. The molecule has 0 bridgehead atoms. The molecule has 6 aromatic carbocycles. The van der Waals surface area contributed by atoms with Crippen molar-refractivity contribution in [3.63, 3.8) is 0 Å². The van der Waals surface area contributed by atoms with Gasteiger partial charge in [-0.25, -0.2) is 24.2 Å². The Bertz CT molecular complexity index is 4860. The number of Topliss-reactive ketones (excluding diaryl/α,β-unsaturated/α-hetero) is 1. The topological polar surface area (TPSA) is 394 Å². The van der Waals surface area contributed by atoms with Gasteiger partial charge in [0, 0.05) is 79.3 Å². The number of hydrogen-bond acceptors (Lipinski definition) is 20. The van der Waals surface area contributed by atoms with Gasteiger partial charge in [0.05, 0.1) is 18.2 Å². The quantitative estimate of drug-likeness (QED) is 0.0497. The van der Waals surface area contributed by atoms with Gasteiger partial charge in [-0.1, -0.05) is 173 Å². The Labute approximate surface area is 741 Å². The lowest BCUT2D eigenvalue weighted by Crippen LogP contribution is -2.49. The maximum atomic E-state index is 13.9. The normalized spacial score (nSPS) is 19.1. The first-order valence-electron chi connectivity index (χ1n) is 39.3. The SMILES string of the molecule is CC(C)(C)C1CCC(=O)CC1.CC(C)(C)C1CCC2(CC1)N=C(c1cc(Cl)cc(Cl)c1)C(=O)N2Cc1ccc(C(=O)Nc2nn[nH]n2)cc1.CC(C)(C)C1CCC2(CC1)N=C(c1cc(Cl)cc(Cl)c1)C(=O)N2Cc1ccc(C(=O)O)cc1.CC(C)(C)OC(=O)NC(C(=O)O)c1cc(Cl)cc(Cl)c1.COC(=O)c1ccc(CN)cc1.Cl.NC1=NCN=N1. The summed E-state index contributed by atoms with van der Waals surface area (Å²) in [5, 5.41) is 45.7. The number of benzene rings is 6. The summed E-state index contributed by atoms with van der Waals surface area (Å²) in [5.41, 5.74) is 15.5. The number of amides is 4. The van der Waals surface area contributed by atoms with Crippen molar-refractivity contribution in [2.24, 2.45) is 70.7 Å². The smallest absolute Gasteiger partial charge is 0.408 e. The van der Waals surface area contributed by atoms with Gasteiger partial charge < -0.3 is 46.3 Å². The molecule has 9 N–H and O–H groups in total. The van der Waals surface area contributed by atoms with Crippen LogP contribution in [-0.4, -0.2) is 136 Å². The zero-order valence-electron chi connectivity index (χ0n) is 70.0. The Balaban J connectivity index is 0.000000218. The number of aromatic amines is 1. The summed E-state index contributed by atoms with van der Waals surface area (Å²) >= 11 is 36.6. The van der Waals surface area contributed by atoms with E-state index in [1.165, 1.54) is 25.3 Å². The molecule has 4 amide bonds. The second kappa shape index (κ2) is 43.1.